The Morgan fingerprint density at radius 1 is 0.522 bits per heavy atom. The number of hydrogen-bond donors (Lipinski definition) is 6. The van der Waals surface area contributed by atoms with Crippen molar-refractivity contribution in [3.05, 3.63) is 97.2 Å². The molecule has 0 aromatic heterocycles. The molecule has 6 N–H and O–H groups in total. The minimum Gasteiger partial charge on any atom is -0.394 e. The number of nitrogens with one attached hydrogen (secondary N) is 1. The molecule has 67 heavy (non-hydrogen) atoms. The summed E-state index contributed by atoms with van der Waals surface area (Å²) in [5.41, 5.74) is 0. The first-order valence-electron chi connectivity index (χ1n) is 27.0. The van der Waals surface area contributed by atoms with E-state index in [4.69, 9.17) is 9.47 Å². The zero-order valence-corrected chi connectivity index (χ0v) is 42.4. The number of amides is 1. The maximum absolute atomic E-state index is 13.0. The molecule has 0 aliphatic carbocycles. The summed E-state index contributed by atoms with van der Waals surface area (Å²) in [6.45, 7) is 3.63. The lowest BCUT2D eigenvalue weighted by molar-refractivity contribution is -0.302. The number of ether oxygens (including phenoxy) is 2. The highest BCUT2D eigenvalue weighted by molar-refractivity contribution is 5.76. The normalized spacial score (nSPS) is 20.5. The Bertz CT molecular complexity index is 1370. The molecule has 1 rings (SSSR count). The van der Waals surface area contributed by atoms with Gasteiger partial charge in [0.15, 0.2) is 6.29 Å². The number of rotatable bonds is 44. The molecule has 1 amide bonds. The molecule has 1 saturated heterocycles. The minimum atomic E-state index is -1.58. The number of aliphatic hydroxyl groups is 5. The van der Waals surface area contributed by atoms with Crippen LogP contribution in [0.15, 0.2) is 97.2 Å². The molecular formula is C58H99NO8. The van der Waals surface area contributed by atoms with Gasteiger partial charge in [0.05, 0.1) is 25.4 Å². The van der Waals surface area contributed by atoms with Gasteiger partial charge in [-0.2, -0.15) is 0 Å². The van der Waals surface area contributed by atoms with E-state index >= 15 is 0 Å². The summed E-state index contributed by atoms with van der Waals surface area (Å²) in [6.07, 6.45) is 60.3. The van der Waals surface area contributed by atoms with Crippen molar-refractivity contribution in [2.45, 2.75) is 249 Å². The van der Waals surface area contributed by atoms with Gasteiger partial charge in [0.1, 0.15) is 24.4 Å². The minimum absolute atomic E-state index is 0.217. The molecule has 7 unspecified atom stereocenters. The molecule has 384 valence electrons. The molecular weight excluding hydrogens is 839 g/mol. The largest absolute Gasteiger partial charge is 0.394 e. The second kappa shape index (κ2) is 46.8. The highest BCUT2D eigenvalue weighted by Gasteiger charge is 2.44. The number of carbonyl (C=O) groups excluding carboxylic acids is 1. The van der Waals surface area contributed by atoms with E-state index in [1.807, 2.05) is 6.08 Å². The van der Waals surface area contributed by atoms with Crippen molar-refractivity contribution in [1.82, 2.24) is 5.32 Å². The van der Waals surface area contributed by atoms with Gasteiger partial charge in [-0.1, -0.05) is 227 Å². The molecule has 0 spiro atoms. The van der Waals surface area contributed by atoms with Crippen molar-refractivity contribution < 1.29 is 39.8 Å². The van der Waals surface area contributed by atoms with Crippen LogP contribution in [0.2, 0.25) is 0 Å². The molecule has 0 aromatic rings. The van der Waals surface area contributed by atoms with Gasteiger partial charge in [-0.25, -0.2) is 0 Å². The van der Waals surface area contributed by atoms with Gasteiger partial charge in [-0.05, 0) is 70.6 Å². The molecule has 1 heterocycles. The topological polar surface area (TPSA) is 149 Å². The lowest BCUT2D eigenvalue weighted by atomic mass is 9.99. The van der Waals surface area contributed by atoms with Crippen LogP contribution in [-0.4, -0.2) is 87.5 Å². The van der Waals surface area contributed by atoms with Crippen molar-refractivity contribution in [1.29, 1.82) is 0 Å². The first-order chi connectivity index (χ1) is 32.8. The van der Waals surface area contributed by atoms with Crippen LogP contribution < -0.4 is 5.32 Å². The van der Waals surface area contributed by atoms with Crippen LogP contribution >= 0.6 is 0 Å². The van der Waals surface area contributed by atoms with Gasteiger partial charge >= 0.3 is 0 Å². The smallest absolute Gasteiger partial charge is 0.220 e. The van der Waals surface area contributed by atoms with E-state index in [1.54, 1.807) is 6.08 Å². The summed E-state index contributed by atoms with van der Waals surface area (Å²) in [7, 11) is 0. The molecule has 0 bridgehead atoms. The van der Waals surface area contributed by atoms with E-state index in [1.165, 1.54) is 109 Å². The maximum Gasteiger partial charge on any atom is 0.220 e. The van der Waals surface area contributed by atoms with Gasteiger partial charge in [-0.3, -0.25) is 4.79 Å². The number of unbranched alkanes of at least 4 members (excludes halogenated alkanes) is 20. The first-order valence-corrected chi connectivity index (χ1v) is 27.0. The van der Waals surface area contributed by atoms with Crippen LogP contribution in [-0.2, 0) is 14.3 Å². The average Bonchev–Trinajstić information content (AvgIpc) is 3.33. The monoisotopic (exact) mass is 938 g/mol. The van der Waals surface area contributed by atoms with Gasteiger partial charge < -0.3 is 40.3 Å². The fourth-order valence-electron chi connectivity index (χ4n) is 7.91. The van der Waals surface area contributed by atoms with Gasteiger partial charge in [0, 0.05) is 6.42 Å². The summed E-state index contributed by atoms with van der Waals surface area (Å²) in [4.78, 5) is 13.0. The molecule has 1 aliphatic heterocycles. The molecule has 9 nitrogen and oxygen atoms in total. The van der Waals surface area contributed by atoms with Gasteiger partial charge in [0.25, 0.3) is 0 Å². The fourth-order valence-corrected chi connectivity index (χ4v) is 7.91. The zero-order chi connectivity index (χ0) is 48.7. The molecule has 0 aromatic carbocycles. The third-order valence-electron chi connectivity index (χ3n) is 12.2. The number of carbonyl (C=O) groups is 1. The van der Waals surface area contributed by atoms with Crippen LogP contribution in [0.1, 0.15) is 206 Å². The first kappa shape index (κ1) is 62.1. The van der Waals surface area contributed by atoms with Crippen LogP contribution in [0.3, 0.4) is 0 Å². The molecule has 1 fully saturated rings. The number of aliphatic hydroxyl groups excluding tert-OH is 5. The Kier molecular flexibility index (Phi) is 43.4. The quantitative estimate of drug-likeness (QED) is 0.0261. The predicted molar refractivity (Wildman–Crippen MR) is 281 cm³/mol. The second-order valence-corrected chi connectivity index (χ2v) is 18.3. The van der Waals surface area contributed by atoms with Crippen LogP contribution in [0.25, 0.3) is 0 Å². The maximum atomic E-state index is 13.0. The van der Waals surface area contributed by atoms with Crippen LogP contribution in [0, 0.1) is 0 Å². The van der Waals surface area contributed by atoms with E-state index in [2.05, 4.69) is 104 Å². The number of allylic oxidation sites excluding steroid dienone is 15. The summed E-state index contributed by atoms with van der Waals surface area (Å²) in [6, 6.07) is -0.843. The third-order valence-corrected chi connectivity index (χ3v) is 12.2. The van der Waals surface area contributed by atoms with E-state index in [9.17, 15) is 30.3 Å². The molecule has 0 saturated carbocycles. The van der Waals surface area contributed by atoms with Crippen molar-refractivity contribution in [2.75, 3.05) is 13.2 Å². The molecule has 1 aliphatic rings. The van der Waals surface area contributed by atoms with Crippen molar-refractivity contribution in [2.24, 2.45) is 0 Å². The lowest BCUT2D eigenvalue weighted by Gasteiger charge is -2.40. The van der Waals surface area contributed by atoms with Crippen molar-refractivity contribution >= 4 is 5.91 Å². The van der Waals surface area contributed by atoms with Crippen LogP contribution in [0.5, 0.6) is 0 Å². The summed E-state index contributed by atoms with van der Waals surface area (Å²) < 4.78 is 11.2. The van der Waals surface area contributed by atoms with Crippen molar-refractivity contribution in [3.63, 3.8) is 0 Å². The number of hydrogen-bond acceptors (Lipinski definition) is 8. The highest BCUT2D eigenvalue weighted by atomic mass is 16.7. The Hall–Kier alpha value is -2.89. The predicted octanol–water partition coefficient (Wildman–Crippen LogP) is 12.8. The molecule has 0 radical (unpaired) electrons. The summed E-state index contributed by atoms with van der Waals surface area (Å²) in [5, 5.41) is 54.4. The van der Waals surface area contributed by atoms with E-state index < -0.39 is 49.5 Å². The summed E-state index contributed by atoms with van der Waals surface area (Å²) in [5.74, 6) is -0.237. The highest BCUT2D eigenvalue weighted by Crippen LogP contribution is 2.23. The van der Waals surface area contributed by atoms with Gasteiger partial charge in [-0.15, -0.1) is 0 Å². The second-order valence-electron chi connectivity index (χ2n) is 18.3. The third kappa shape index (κ3) is 36.7. The van der Waals surface area contributed by atoms with Crippen molar-refractivity contribution in [3.8, 4) is 0 Å². The Balaban J connectivity index is 2.34. The standard InChI is InChI=1S/C58H99NO8/c1-3-5-7-9-11-13-15-17-19-21-23-25-26-28-30-32-34-36-38-40-42-44-46-48-54(62)59-51(50-66-58-57(65)56(64)55(63)53(49-60)67-58)52(61)47-45-43-41-39-37-35-33-31-29-27-24-22-20-18-16-14-12-10-8-6-4-2/h5,7,11,13,17,19,23,25,28,30,34,36,40,42,45,47,51-53,55-58,60-61,63-65H,3-4,6,8-10,12,14-16,18,20-22,24,26-27,29,31-33,35,37-39,41,43-44,46,48-50H2,1-2H3,(H,59,62)/b7-5-,13-11-,19-17-,25-23-,30-28-,36-34-,42-40-,47-45+. The Morgan fingerprint density at radius 2 is 0.925 bits per heavy atom. The van der Waals surface area contributed by atoms with Crippen LogP contribution in [0.4, 0.5) is 0 Å². The molecule has 7 atom stereocenters. The Morgan fingerprint density at radius 3 is 1.36 bits per heavy atom. The zero-order valence-electron chi connectivity index (χ0n) is 42.4. The lowest BCUT2D eigenvalue weighted by Crippen LogP contribution is -2.60. The van der Waals surface area contributed by atoms with E-state index in [0.717, 1.165) is 70.6 Å². The van der Waals surface area contributed by atoms with E-state index in [0.29, 0.717) is 6.42 Å². The fraction of sp³-hybridized carbons (Fsp3) is 0.707. The summed E-state index contributed by atoms with van der Waals surface area (Å²) >= 11 is 0. The molecule has 9 heteroatoms. The average molecular weight is 938 g/mol. The Labute approximate surface area is 409 Å². The van der Waals surface area contributed by atoms with Gasteiger partial charge in [0.2, 0.25) is 5.91 Å². The SMILES string of the molecule is CC/C=C\C/C=C\C/C=C\C/C=C\C/C=C\C/C=C\C/C=C\CCCC(=O)NC(COC1OC(CO)C(O)C(O)C1O)C(O)/C=C/CCCCCCCCCCCCCCCCCCCCC. The van der Waals surface area contributed by atoms with E-state index in [-0.39, 0.29) is 18.9 Å².